The first kappa shape index (κ1) is 17.5. The van der Waals surface area contributed by atoms with Crippen LogP contribution in [0.3, 0.4) is 0 Å². The lowest BCUT2D eigenvalue weighted by atomic mass is 9.93. The number of rotatable bonds is 2. The first-order valence-electron chi connectivity index (χ1n) is 9.94. The van der Waals surface area contributed by atoms with Crippen molar-refractivity contribution in [1.29, 1.82) is 0 Å². The average Bonchev–Trinajstić information content (AvgIpc) is 3.41. The number of ether oxygens (including phenoxy) is 2. The van der Waals surface area contributed by atoms with Crippen LogP contribution in [0.25, 0.3) is 21.9 Å². The molecule has 0 spiro atoms. The van der Waals surface area contributed by atoms with Crippen molar-refractivity contribution in [3.05, 3.63) is 86.3 Å². The van der Waals surface area contributed by atoms with Gasteiger partial charge in [0, 0.05) is 10.5 Å². The predicted octanol–water partition coefficient (Wildman–Crippen LogP) is 4.70. The summed E-state index contributed by atoms with van der Waals surface area (Å²) >= 11 is 1.68. The average molecular weight is 414 g/mol. The van der Waals surface area contributed by atoms with Crippen LogP contribution in [-0.2, 0) is 13.0 Å². The summed E-state index contributed by atoms with van der Waals surface area (Å²) in [7, 11) is 0. The Bertz CT molecular complexity index is 1410. The fourth-order valence-corrected chi connectivity index (χ4v) is 5.24. The molecule has 2 aromatic carbocycles. The van der Waals surface area contributed by atoms with Crippen molar-refractivity contribution in [3.8, 4) is 11.5 Å². The first-order chi connectivity index (χ1) is 14.7. The Morgan fingerprint density at radius 3 is 2.90 bits per heavy atom. The monoisotopic (exact) mass is 414 g/mol. The van der Waals surface area contributed by atoms with Gasteiger partial charge in [-0.2, -0.15) is 4.98 Å². The van der Waals surface area contributed by atoms with E-state index in [9.17, 15) is 4.79 Å². The summed E-state index contributed by atoms with van der Waals surface area (Å²) in [6.07, 6.45) is 2.99. The second kappa shape index (κ2) is 6.57. The summed E-state index contributed by atoms with van der Waals surface area (Å²) in [5.41, 5.74) is 4.08. The molecule has 6 heteroatoms. The number of fused-ring (bicyclic) bond motifs is 5. The van der Waals surface area contributed by atoms with Crippen LogP contribution in [0.4, 0.5) is 0 Å². The number of hydrogen-bond acceptors (Lipinski definition) is 5. The zero-order chi connectivity index (χ0) is 20.2. The molecule has 0 atom stereocenters. The Hall–Kier alpha value is -3.38. The molecule has 148 valence electrons. The van der Waals surface area contributed by atoms with Gasteiger partial charge in [-0.1, -0.05) is 37.3 Å². The predicted molar refractivity (Wildman–Crippen MR) is 118 cm³/mol. The van der Waals surface area contributed by atoms with Crippen molar-refractivity contribution in [2.45, 2.75) is 19.9 Å². The Labute approximate surface area is 176 Å². The summed E-state index contributed by atoms with van der Waals surface area (Å²) in [6, 6.07) is 16.2. The SMILES string of the molecule is CCc1cc2c(=O)nc3n(c2s1)Cc1ccccc1/C3=C\c1ccc2c(c1)OCO2. The maximum Gasteiger partial charge on any atom is 0.281 e. The van der Waals surface area contributed by atoms with E-state index >= 15 is 0 Å². The molecule has 4 aromatic rings. The van der Waals surface area contributed by atoms with E-state index in [0.717, 1.165) is 39.5 Å². The Morgan fingerprint density at radius 2 is 2.00 bits per heavy atom. The van der Waals surface area contributed by atoms with Gasteiger partial charge in [0.1, 0.15) is 10.7 Å². The van der Waals surface area contributed by atoms with Crippen molar-refractivity contribution in [3.63, 3.8) is 0 Å². The second-order valence-corrected chi connectivity index (χ2v) is 8.55. The Morgan fingerprint density at radius 1 is 1.13 bits per heavy atom. The highest BCUT2D eigenvalue weighted by Gasteiger charge is 2.25. The van der Waals surface area contributed by atoms with Gasteiger partial charge in [-0.3, -0.25) is 4.79 Å². The van der Waals surface area contributed by atoms with Crippen molar-refractivity contribution >= 4 is 33.2 Å². The van der Waals surface area contributed by atoms with E-state index in [-0.39, 0.29) is 12.4 Å². The zero-order valence-electron chi connectivity index (χ0n) is 16.3. The minimum Gasteiger partial charge on any atom is -0.454 e. The topological polar surface area (TPSA) is 53.4 Å². The maximum absolute atomic E-state index is 12.9. The van der Waals surface area contributed by atoms with Gasteiger partial charge in [-0.15, -0.1) is 11.3 Å². The highest BCUT2D eigenvalue weighted by atomic mass is 32.1. The number of benzene rings is 2. The van der Waals surface area contributed by atoms with Crippen LogP contribution in [0.5, 0.6) is 11.5 Å². The number of thiophene rings is 1. The molecule has 0 aliphatic carbocycles. The van der Waals surface area contributed by atoms with Crippen LogP contribution in [0.2, 0.25) is 0 Å². The molecule has 5 nitrogen and oxygen atoms in total. The van der Waals surface area contributed by atoms with Crippen LogP contribution in [0.15, 0.2) is 53.3 Å². The van der Waals surface area contributed by atoms with Gasteiger partial charge < -0.3 is 14.0 Å². The number of hydrogen-bond donors (Lipinski definition) is 0. The van der Waals surface area contributed by atoms with Gasteiger partial charge in [0.2, 0.25) is 6.79 Å². The van der Waals surface area contributed by atoms with Crippen LogP contribution in [0.1, 0.15) is 34.3 Å². The van der Waals surface area contributed by atoms with Crippen molar-refractivity contribution in [2.24, 2.45) is 0 Å². The molecule has 6 rings (SSSR count). The van der Waals surface area contributed by atoms with Crippen LogP contribution in [0, 0.1) is 0 Å². The summed E-state index contributed by atoms with van der Waals surface area (Å²) in [4.78, 5) is 19.6. The lowest BCUT2D eigenvalue weighted by molar-refractivity contribution is 0.174. The molecule has 0 amide bonds. The molecular weight excluding hydrogens is 396 g/mol. The standard InChI is InChI=1S/C24H18N2O3S/c1-2-16-11-19-23(27)25-22-18(9-14-7-8-20-21(10-14)29-13-28-20)17-6-4-3-5-15(17)12-26(22)24(19)30-16/h3-11H,2,12-13H2,1H3/b18-9+. The van der Waals surface area contributed by atoms with E-state index in [4.69, 9.17) is 9.47 Å². The van der Waals surface area contributed by atoms with E-state index < -0.39 is 0 Å². The quantitative estimate of drug-likeness (QED) is 0.420. The van der Waals surface area contributed by atoms with E-state index in [1.54, 1.807) is 11.3 Å². The minimum absolute atomic E-state index is 0.164. The fraction of sp³-hybridized carbons (Fsp3) is 0.167. The molecule has 0 unspecified atom stereocenters. The Balaban J connectivity index is 1.62. The molecule has 2 aromatic heterocycles. The molecule has 0 bridgehead atoms. The Kier molecular flexibility index (Phi) is 3.83. The van der Waals surface area contributed by atoms with E-state index in [1.807, 2.05) is 30.3 Å². The summed E-state index contributed by atoms with van der Waals surface area (Å²) < 4.78 is 13.2. The van der Waals surface area contributed by atoms with Crippen LogP contribution < -0.4 is 15.0 Å². The maximum atomic E-state index is 12.9. The van der Waals surface area contributed by atoms with E-state index in [0.29, 0.717) is 17.8 Å². The smallest absolute Gasteiger partial charge is 0.281 e. The van der Waals surface area contributed by atoms with Crippen molar-refractivity contribution in [2.75, 3.05) is 6.79 Å². The lowest BCUT2D eigenvalue weighted by Gasteiger charge is -2.24. The number of aromatic nitrogens is 2. The molecule has 30 heavy (non-hydrogen) atoms. The molecule has 2 aliphatic rings. The molecule has 0 N–H and O–H groups in total. The zero-order valence-corrected chi connectivity index (χ0v) is 17.2. The third kappa shape index (κ3) is 2.60. The second-order valence-electron chi connectivity index (χ2n) is 7.44. The summed E-state index contributed by atoms with van der Waals surface area (Å²) in [5.74, 6) is 2.21. The number of nitrogens with zero attached hydrogens (tertiary/aromatic N) is 2. The van der Waals surface area contributed by atoms with Crippen molar-refractivity contribution < 1.29 is 9.47 Å². The largest absolute Gasteiger partial charge is 0.454 e. The highest BCUT2D eigenvalue weighted by Crippen LogP contribution is 2.38. The molecule has 2 aliphatic heterocycles. The van der Waals surface area contributed by atoms with Crippen LogP contribution in [-0.4, -0.2) is 16.3 Å². The lowest BCUT2D eigenvalue weighted by Crippen LogP contribution is -2.22. The van der Waals surface area contributed by atoms with E-state index in [1.165, 1.54) is 10.4 Å². The van der Waals surface area contributed by atoms with Crippen LogP contribution >= 0.6 is 11.3 Å². The molecule has 0 saturated carbocycles. The molecule has 0 saturated heterocycles. The minimum atomic E-state index is -0.164. The molecule has 0 fully saturated rings. The summed E-state index contributed by atoms with van der Waals surface area (Å²) in [5, 5.41) is 0.711. The first-order valence-corrected chi connectivity index (χ1v) is 10.8. The molecular formula is C24H18N2O3S. The highest BCUT2D eigenvalue weighted by molar-refractivity contribution is 7.18. The fourth-order valence-electron chi connectivity index (χ4n) is 4.15. The van der Waals surface area contributed by atoms with E-state index in [2.05, 4.69) is 40.7 Å². The van der Waals surface area contributed by atoms with Gasteiger partial charge in [0.15, 0.2) is 11.5 Å². The third-order valence-electron chi connectivity index (χ3n) is 5.64. The van der Waals surface area contributed by atoms with Crippen molar-refractivity contribution in [1.82, 2.24) is 9.55 Å². The molecule has 0 radical (unpaired) electrons. The normalized spacial score (nSPS) is 15.4. The molecule has 4 heterocycles. The van der Waals surface area contributed by atoms with Gasteiger partial charge in [-0.25, -0.2) is 0 Å². The number of aryl methyl sites for hydroxylation is 1. The van der Waals surface area contributed by atoms with Gasteiger partial charge >= 0.3 is 0 Å². The van der Waals surface area contributed by atoms with Gasteiger partial charge in [0.05, 0.1) is 11.9 Å². The third-order valence-corrected chi connectivity index (χ3v) is 6.94. The summed E-state index contributed by atoms with van der Waals surface area (Å²) in [6.45, 7) is 3.06. The van der Waals surface area contributed by atoms with Gasteiger partial charge in [0.25, 0.3) is 5.56 Å². The van der Waals surface area contributed by atoms with Gasteiger partial charge in [-0.05, 0) is 47.4 Å².